The first-order valence-corrected chi connectivity index (χ1v) is 13.2. The monoisotopic (exact) mass is 640 g/mol. The van der Waals surface area contributed by atoms with E-state index in [2.05, 4.69) is 0 Å². The third kappa shape index (κ3) is 17.8. The first-order valence-electron chi connectivity index (χ1n) is 13.2. The van der Waals surface area contributed by atoms with Gasteiger partial charge in [0.05, 0.1) is 0 Å². The second-order valence-electron chi connectivity index (χ2n) is 9.16. The van der Waals surface area contributed by atoms with E-state index < -0.39 is 0 Å². The Morgan fingerprint density at radius 2 is 0.786 bits per heavy atom. The summed E-state index contributed by atoms with van der Waals surface area (Å²) in [6.07, 6.45) is 4.35. The zero-order chi connectivity index (χ0) is 30.1. The molecule has 3 heterocycles. The van der Waals surface area contributed by atoms with Crippen LogP contribution >= 0.6 is 0 Å². The summed E-state index contributed by atoms with van der Waals surface area (Å²) in [5.41, 5.74) is 3.15. The zero-order valence-corrected chi connectivity index (χ0v) is 31.1. The van der Waals surface area contributed by atoms with E-state index in [4.69, 9.17) is 23.2 Å². The van der Waals surface area contributed by atoms with Gasteiger partial charge in [0.15, 0.2) is 34.6 Å². The molecule has 0 amide bonds. The SMILES string of the molecule is CCCC(=O)c1cc(C)c(C)o1.CCCC(=O)c1cc(C)c(C)o1.CCCC(=O)c1cc(C)c(C)o1.O=[C-]O.[Ca+2].[Ca+2].[OH-]. The van der Waals surface area contributed by atoms with Crippen LogP contribution < -0.4 is 0 Å². The van der Waals surface area contributed by atoms with Gasteiger partial charge < -0.3 is 28.6 Å². The number of hydrogen-bond donors (Lipinski definition) is 1. The van der Waals surface area contributed by atoms with Gasteiger partial charge in [-0.2, -0.15) is 0 Å². The van der Waals surface area contributed by atoms with Crippen molar-refractivity contribution < 1.29 is 43.0 Å². The number of carbonyl (C=O) groups is 3. The van der Waals surface area contributed by atoms with E-state index in [9.17, 15) is 14.4 Å². The number of aryl methyl sites for hydroxylation is 6. The van der Waals surface area contributed by atoms with Gasteiger partial charge in [0.2, 0.25) is 0 Å². The van der Waals surface area contributed by atoms with Crippen molar-refractivity contribution in [3.8, 4) is 0 Å². The maximum absolute atomic E-state index is 11.3. The molecular weight excluding hydrogens is 596 g/mol. The van der Waals surface area contributed by atoms with E-state index >= 15 is 0 Å². The summed E-state index contributed by atoms with van der Waals surface area (Å²) in [6, 6.07) is 5.44. The minimum atomic E-state index is 0. The normalized spacial score (nSPS) is 9.07. The van der Waals surface area contributed by atoms with E-state index in [1.165, 1.54) is 0 Å². The molecule has 0 saturated carbocycles. The van der Waals surface area contributed by atoms with Gasteiger partial charge >= 0.3 is 75.5 Å². The largest absolute Gasteiger partial charge is 2.00 e. The van der Waals surface area contributed by atoms with E-state index in [1.54, 1.807) is 0 Å². The van der Waals surface area contributed by atoms with Crippen molar-refractivity contribution in [1.82, 2.24) is 0 Å². The quantitative estimate of drug-likeness (QED) is 0.144. The number of rotatable bonds is 9. The molecule has 0 aliphatic heterocycles. The smallest absolute Gasteiger partial charge is 0.870 e. The molecule has 0 aromatic carbocycles. The molecule has 0 fully saturated rings. The number of ketones is 3. The number of aliphatic hydroxyl groups excluding tert-OH is 1. The van der Waals surface area contributed by atoms with Crippen LogP contribution in [0.5, 0.6) is 0 Å². The first kappa shape index (κ1) is 47.7. The Bertz CT molecular complexity index is 1000. The van der Waals surface area contributed by atoms with Crippen LogP contribution in [0.25, 0.3) is 0 Å². The molecule has 3 aromatic rings. The molecule has 11 heteroatoms. The van der Waals surface area contributed by atoms with Crippen molar-refractivity contribution >= 4 is 99.3 Å². The Morgan fingerprint density at radius 1 is 0.595 bits per heavy atom. The minimum absolute atomic E-state index is 0. The molecule has 0 atom stereocenters. The van der Waals surface area contributed by atoms with E-state index in [0.29, 0.717) is 43.0 Å². The fourth-order valence-corrected chi connectivity index (χ4v) is 3.18. The zero-order valence-electron chi connectivity index (χ0n) is 26.6. The molecule has 0 spiro atoms. The van der Waals surface area contributed by atoms with Gasteiger partial charge in [0, 0.05) is 19.3 Å². The fraction of sp³-hybridized carbons (Fsp3) is 0.484. The van der Waals surface area contributed by atoms with Crippen molar-refractivity contribution in [2.75, 3.05) is 0 Å². The second kappa shape index (κ2) is 26.2. The molecule has 0 bridgehead atoms. The average Bonchev–Trinajstić information content (AvgIpc) is 3.52. The molecule has 0 aliphatic rings. The van der Waals surface area contributed by atoms with Crippen LogP contribution in [0.3, 0.4) is 0 Å². The Morgan fingerprint density at radius 3 is 0.905 bits per heavy atom. The van der Waals surface area contributed by atoms with Gasteiger partial charge in [-0.3, -0.25) is 14.4 Å². The number of hydrogen-bond acceptors (Lipinski definition) is 8. The van der Waals surface area contributed by atoms with Gasteiger partial charge in [-0.1, -0.05) is 27.2 Å². The third-order valence-corrected chi connectivity index (χ3v) is 5.75. The summed E-state index contributed by atoms with van der Waals surface area (Å²) < 4.78 is 15.8. The van der Waals surface area contributed by atoms with Gasteiger partial charge in [-0.25, -0.2) is 0 Å². The summed E-state index contributed by atoms with van der Waals surface area (Å²) in [5.74, 6) is 4.36. The molecule has 0 aliphatic carbocycles. The van der Waals surface area contributed by atoms with E-state index in [-0.39, 0.29) is 98.3 Å². The molecule has 0 unspecified atom stereocenters. The average molecular weight is 641 g/mol. The van der Waals surface area contributed by atoms with Crippen LogP contribution in [0.2, 0.25) is 0 Å². The Hall–Kier alpha value is -1.20. The fourth-order valence-electron chi connectivity index (χ4n) is 3.18. The van der Waals surface area contributed by atoms with Crippen LogP contribution in [0.1, 0.15) is 125 Å². The molecular formula is C31H44Ca2O9+2. The van der Waals surface area contributed by atoms with Gasteiger partial charge in [0.1, 0.15) is 17.3 Å². The van der Waals surface area contributed by atoms with Crippen molar-refractivity contribution in [2.24, 2.45) is 0 Å². The molecule has 2 N–H and O–H groups in total. The maximum Gasteiger partial charge on any atom is 2.00 e. The van der Waals surface area contributed by atoms with Crippen molar-refractivity contribution in [3.63, 3.8) is 0 Å². The van der Waals surface area contributed by atoms with Gasteiger partial charge in [-0.05, 0) is 95.7 Å². The molecule has 9 nitrogen and oxygen atoms in total. The summed E-state index contributed by atoms with van der Waals surface area (Å²) in [4.78, 5) is 42.2. The number of furan rings is 3. The van der Waals surface area contributed by atoms with Crippen molar-refractivity contribution in [2.45, 2.75) is 101 Å². The maximum atomic E-state index is 11.3. The molecule has 0 saturated heterocycles. The predicted molar refractivity (Wildman–Crippen MR) is 164 cm³/mol. The van der Waals surface area contributed by atoms with Crippen LogP contribution in [-0.2, 0) is 4.79 Å². The Kier molecular flexibility index (Phi) is 29.8. The van der Waals surface area contributed by atoms with Crippen molar-refractivity contribution in [1.29, 1.82) is 0 Å². The predicted octanol–water partition coefficient (Wildman–Crippen LogP) is 7.31. The summed E-state index contributed by atoms with van der Waals surface area (Å²) in [5, 5.41) is 6.76. The molecule has 42 heavy (non-hydrogen) atoms. The molecule has 0 radical (unpaired) electrons. The Balaban J connectivity index is -0.000000238. The third-order valence-electron chi connectivity index (χ3n) is 5.75. The second-order valence-corrected chi connectivity index (χ2v) is 9.16. The van der Waals surface area contributed by atoms with E-state index in [1.807, 2.05) is 80.5 Å². The summed E-state index contributed by atoms with van der Waals surface area (Å²) >= 11 is 0. The van der Waals surface area contributed by atoms with Gasteiger partial charge in [-0.15, -0.1) is 0 Å². The first-order chi connectivity index (χ1) is 18.4. The van der Waals surface area contributed by atoms with Crippen LogP contribution in [0.15, 0.2) is 31.5 Å². The summed E-state index contributed by atoms with van der Waals surface area (Å²) in [6.45, 7) is 17.9. The van der Waals surface area contributed by atoms with E-state index in [0.717, 1.165) is 53.2 Å². The number of Topliss-reactive ketones (excluding diaryl/α,β-unsaturated/α-hetero) is 3. The topological polar surface area (TPSA) is 158 Å². The Labute approximate surface area is 309 Å². The molecule has 224 valence electrons. The minimum Gasteiger partial charge on any atom is -0.870 e. The van der Waals surface area contributed by atoms with Gasteiger partial charge in [0.25, 0.3) is 0 Å². The number of carbonyl (C=O) groups excluding carboxylic acids is 3. The van der Waals surface area contributed by atoms with Crippen LogP contribution in [-0.4, -0.2) is 110 Å². The van der Waals surface area contributed by atoms with Crippen LogP contribution in [0, 0.1) is 41.5 Å². The molecule has 3 aromatic heterocycles. The summed E-state index contributed by atoms with van der Waals surface area (Å²) in [7, 11) is 0. The standard InChI is InChI=1S/3C10H14O2.CHO2.2Ca.H2O/c3*1-4-5-9(11)10-6-7(2)8(3)12-10;2-1-3;;;/h3*6H,4-5H2,1-3H3;(H,2,3);;;1H2/q;;;-1;2*+2;/p-1. The van der Waals surface area contributed by atoms with Crippen molar-refractivity contribution in [3.05, 3.63) is 69.5 Å². The molecule has 3 rings (SSSR count). The van der Waals surface area contributed by atoms with Crippen LogP contribution in [0.4, 0.5) is 0 Å².